The monoisotopic (exact) mass is 135 g/mol. The molecule has 0 aliphatic carbocycles. The minimum Gasteiger partial charge on any atom is -0.364 e. The summed E-state index contributed by atoms with van der Waals surface area (Å²) < 4.78 is 0.931. The molecule has 0 aliphatic heterocycles. The summed E-state index contributed by atoms with van der Waals surface area (Å²) in [6.45, 7) is 0. The number of hydrogen-bond donors (Lipinski definition) is 0. The lowest BCUT2D eigenvalue weighted by Crippen LogP contribution is -2.15. The molecule has 0 unspecified atom stereocenters. The summed E-state index contributed by atoms with van der Waals surface area (Å²) in [5.41, 5.74) is 0. The molecule has 0 aliphatic rings. The van der Waals surface area contributed by atoms with Gasteiger partial charge in [-0.3, -0.25) is 0 Å². The van der Waals surface area contributed by atoms with Gasteiger partial charge in [0, 0.05) is 14.1 Å². The van der Waals surface area contributed by atoms with Gasteiger partial charge in [-0.25, -0.2) is 0 Å². The Labute approximate surface area is 54.1 Å². The van der Waals surface area contributed by atoms with Gasteiger partial charge in [0.15, 0.2) is 0 Å². The van der Waals surface area contributed by atoms with Crippen LogP contribution in [0.2, 0.25) is 0 Å². The Kier molecular flexibility index (Phi) is 3.38. The highest BCUT2D eigenvalue weighted by molar-refractivity contribution is 8.22. The van der Waals surface area contributed by atoms with Crippen LogP contribution < -0.4 is 0 Å². The second-order valence-electron chi connectivity index (χ2n) is 1.36. The minimum absolute atomic E-state index is 0.931. The first-order valence-electron chi connectivity index (χ1n) is 1.93. The van der Waals surface area contributed by atoms with Crippen molar-refractivity contribution in [1.82, 2.24) is 4.90 Å². The van der Waals surface area contributed by atoms with E-state index < -0.39 is 0 Å². The van der Waals surface area contributed by atoms with Crippen molar-refractivity contribution in [2.45, 2.75) is 0 Å². The van der Waals surface area contributed by atoms with Gasteiger partial charge in [0.2, 0.25) is 0 Å². The summed E-state index contributed by atoms with van der Waals surface area (Å²) in [5, 5.41) is 0. The fourth-order valence-electron chi connectivity index (χ4n) is 0.183. The Morgan fingerprint density at radius 1 is 1.57 bits per heavy atom. The average Bonchev–Trinajstić information content (AvgIpc) is 1.65. The SMILES string of the molecule is CSC(=S)N(C)C. The van der Waals surface area contributed by atoms with Crippen LogP contribution in [0.1, 0.15) is 0 Å². The van der Waals surface area contributed by atoms with Crippen LogP contribution in [0.3, 0.4) is 0 Å². The van der Waals surface area contributed by atoms with E-state index in [2.05, 4.69) is 0 Å². The first-order chi connectivity index (χ1) is 3.18. The molecule has 0 amide bonds. The zero-order valence-corrected chi connectivity index (χ0v) is 6.40. The molecule has 0 spiro atoms. The van der Waals surface area contributed by atoms with Gasteiger partial charge in [-0.15, -0.1) is 11.8 Å². The van der Waals surface area contributed by atoms with Gasteiger partial charge in [0.1, 0.15) is 4.32 Å². The van der Waals surface area contributed by atoms with Crippen LogP contribution in [0, 0.1) is 0 Å². The number of nitrogens with zero attached hydrogens (tertiary/aromatic N) is 1. The molecule has 0 aromatic rings. The predicted octanol–water partition coefficient (Wildman–Crippen LogP) is 1.20. The quantitative estimate of drug-likeness (QED) is 0.459. The van der Waals surface area contributed by atoms with E-state index in [9.17, 15) is 0 Å². The molecule has 0 aromatic carbocycles. The fraction of sp³-hybridized carbons (Fsp3) is 0.750. The van der Waals surface area contributed by atoms with E-state index in [4.69, 9.17) is 12.2 Å². The first kappa shape index (κ1) is 7.24. The van der Waals surface area contributed by atoms with Crippen LogP contribution in [0.25, 0.3) is 0 Å². The molecule has 0 saturated heterocycles. The third-order valence-electron chi connectivity index (χ3n) is 0.540. The van der Waals surface area contributed by atoms with Crippen LogP contribution in [0.4, 0.5) is 0 Å². The molecule has 42 valence electrons. The summed E-state index contributed by atoms with van der Waals surface area (Å²) in [4.78, 5) is 1.92. The number of hydrogen-bond acceptors (Lipinski definition) is 2. The number of thioether (sulfide) groups is 1. The molecule has 0 aromatic heterocycles. The molecular weight excluding hydrogens is 126 g/mol. The lowest BCUT2D eigenvalue weighted by molar-refractivity contribution is 0.648. The summed E-state index contributed by atoms with van der Waals surface area (Å²) in [6.07, 6.45) is 1.97. The zero-order chi connectivity index (χ0) is 5.86. The maximum absolute atomic E-state index is 4.87. The van der Waals surface area contributed by atoms with E-state index in [-0.39, 0.29) is 0 Å². The summed E-state index contributed by atoms with van der Waals surface area (Å²) in [6, 6.07) is 0. The topological polar surface area (TPSA) is 3.24 Å². The van der Waals surface area contributed by atoms with Crippen molar-refractivity contribution in [2.24, 2.45) is 0 Å². The molecule has 0 N–H and O–H groups in total. The number of thiocarbonyl (C=S) groups is 1. The standard InChI is InChI=1S/C4H9NS2/c1-5(2)4(6)7-3/h1-3H3. The maximum atomic E-state index is 4.87. The largest absolute Gasteiger partial charge is 0.364 e. The van der Waals surface area contributed by atoms with Crippen molar-refractivity contribution in [2.75, 3.05) is 20.4 Å². The van der Waals surface area contributed by atoms with Crippen molar-refractivity contribution < 1.29 is 0 Å². The van der Waals surface area contributed by atoms with Crippen LogP contribution >= 0.6 is 24.0 Å². The highest BCUT2D eigenvalue weighted by Gasteiger charge is 1.90. The van der Waals surface area contributed by atoms with E-state index in [0.717, 1.165) is 4.32 Å². The van der Waals surface area contributed by atoms with Crippen LogP contribution in [0.15, 0.2) is 0 Å². The smallest absolute Gasteiger partial charge is 0.135 e. The highest BCUT2D eigenvalue weighted by atomic mass is 32.2. The Bertz CT molecular complexity index is 70.1. The van der Waals surface area contributed by atoms with Crippen LogP contribution in [-0.2, 0) is 0 Å². The third kappa shape index (κ3) is 2.88. The average molecular weight is 135 g/mol. The van der Waals surface area contributed by atoms with Gasteiger partial charge >= 0.3 is 0 Å². The molecule has 0 rings (SSSR count). The summed E-state index contributed by atoms with van der Waals surface area (Å²) in [7, 11) is 3.89. The molecular formula is C4H9NS2. The van der Waals surface area contributed by atoms with Gasteiger partial charge in [0.25, 0.3) is 0 Å². The fourth-order valence-corrected chi connectivity index (χ4v) is 0.548. The molecule has 0 atom stereocenters. The first-order valence-corrected chi connectivity index (χ1v) is 3.57. The third-order valence-corrected chi connectivity index (χ3v) is 2.12. The zero-order valence-electron chi connectivity index (χ0n) is 4.76. The van der Waals surface area contributed by atoms with Gasteiger partial charge < -0.3 is 4.90 Å². The van der Waals surface area contributed by atoms with Crippen molar-refractivity contribution in [3.63, 3.8) is 0 Å². The highest BCUT2D eigenvalue weighted by Crippen LogP contribution is 1.98. The van der Waals surface area contributed by atoms with Crippen molar-refractivity contribution in [3.05, 3.63) is 0 Å². The van der Waals surface area contributed by atoms with E-state index in [0.29, 0.717) is 0 Å². The molecule has 0 fully saturated rings. The lowest BCUT2D eigenvalue weighted by atomic mass is 11.0. The van der Waals surface area contributed by atoms with Crippen LogP contribution in [-0.4, -0.2) is 29.6 Å². The predicted molar refractivity (Wildman–Crippen MR) is 39.8 cm³/mol. The molecule has 3 heteroatoms. The van der Waals surface area contributed by atoms with E-state index in [1.807, 2.05) is 25.3 Å². The number of rotatable bonds is 0. The van der Waals surface area contributed by atoms with E-state index >= 15 is 0 Å². The summed E-state index contributed by atoms with van der Waals surface area (Å²) >= 11 is 6.46. The Balaban J connectivity index is 3.35. The second-order valence-corrected chi connectivity index (χ2v) is 2.80. The normalized spacial score (nSPS) is 8.43. The van der Waals surface area contributed by atoms with Gasteiger partial charge in [-0.2, -0.15) is 0 Å². The lowest BCUT2D eigenvalue weighted by Gasteiger charge is -2.08. The van der Waals surface area contributed by atoms with Crippen molar-refractivity contribution in [3.8, 4) is 0 Å². The van der Waals surface area contributed by atoms with Gasteiger partial charge in [0.05, 0.1) is 0 Å². The van der Waals surface area contributed by atoms with Gasteiger partial charge in [-0.05, 0) is 6.26 Å². The maximum Gasteiger partial charge on any atom is 0.135 e. The van der Waals surface area contributed by atoms with E-state index in [1.54, 1.807) is 11.8 Å². The second kappa shape index (κ2) is 3.27. The van der Waals surface area contributed by atoms with Crippen molar-refractivity contribution >= 4 is 28.3 Å². The minimum atomic E-state index is 0.931. The van der Waals surface area contributed by atoms with Gasteiger partial charge in [-0.1, -0.05) is 12.2 Å². The summed E-state index contributed by atoms with van der Waals surface area (Å²) in [5.74, 6) is 0. The molecule has 1 nitrogen and oxygen atoms in total. The molecule has 0 heterocycles. The Hall–Kier alpha value is 0.240. The Morgan fingerprint density at radius 3 is 2.00 bits per heavy atom. The van der Waals surface area contributed by atoms with Crippen LogP contribution in [0.5, 0.6) is 0 Å². The van der Waals surface area contributed by atoms with Crippen molar-refractivity contribution in [1.29, 1.82) is 0 Å². The molecule has 0 radical (unpaired) electrons. The molecule has 0 saturated carbocycles. The molecule has 7 heavy (non-hydrogen) atoms. The van der Waals surface area contributed by atoms with E-state index in [1.165, 1.54) is 0 Å². The molecule has 0 bridgehead atoms. The Morgan fingerprint density at radius 2 is 2.00 bits per heavy atom.